The lowest BCUT2D eigenvalue weighted by molar-refractivity contribution is -0.132. The quantitative estimate of drug-likeness (QED) is 0.605. The average Bonchev–Trinajstić information content (AvgIpc) is 2.67. The van der Waals surface area contributed by atoms with Crippen molar-refractivity contribution >= 4 is 23.5 Å². The van der Waals surface area contributed by atoms with Crippen LogP contribution in [0, 0.1) is 11.6 Å². The molecule has 0 unspecified atom stereocenters. The highest BCUT2D eigenvalue weighted by Crippen LogP contribution is 2.34. The molecule has 2 N–H and O–H groups in total. The highest BCUT2D eigenvalue weighted by Gasteiger charge is 2.18. The molecule has 1 aliphatic rings. The number of halogens is 2. The summed E-state index contributed by atoms with van der Waals surface area (Å²) in [6.45, 7) is 1.69. The number of carbonyl (C=O) groups is 2. The Bertz CT molecular complexity index is 871. The van der Waals surface area contributed by atoms with Gasteiger partial charge in [-0.25, -0.2) is 13.6 Å². The number of nitrogens with one attached hydrogen (secondary N) is 1. The number of allylic oxidation sites excluding steroid dienone is 1. The van der Waals surface area contributed by atoms with Gasteiger partial charge in [0.1, 0.15) is 11.6 Å². The third-order valence-corrected chi connectivity index (χ3v) is 4.48. The average molecular weight is 373 g/mol. The molecule has 2 aromatic carbocycles. The lowest BCUT2D eigenvalue weighted by Crippen LogP contribution is -2.08. The first-order chi connectivity index (χ1) is 12.9. The molecule has 4 nitrogen and oxygen atoms in total. The van der Waals surface area contributed by atoms with Crippen LogP contribution in [0.3, 0.4) is 0 Å². The molecule has 0 radical (unpaired) electrons. The molecule has 142 valence electrons. The van der Waals surface area contributed by atoms with Crippen molar-refractivity contribution in [3.05, 3.63) is 70.3 Å². The molecule has 3 rings (SSSR count). The molecule has 0 fully saturated rings. The molecule has 1 aliphatic carbocycles. The SMILES string of the molecule is CNc1ccc2c(c1)CCC/C2=C(/C)C(=O)O.O=Cc1c(F)cccc1F. The predicted octanol–water partition coefficient (Wildman–Crippen LogP) is 4.70. The lowest BCUT2D eigenvalue weighted by atomic mass is 9.84. The maximum Gasteiger partial charge on any atom is 0.331 e. The Morgan fingerprint density at radius 3 is 2.33 bits per heavy atom. The Balaban J connectivity index is 0.000000223. The predicted molar refractivity (Wildman–Crippen MR) is 101 cm³/mol. The van der Waals surface area contributed by atoms with Crippen LogP contribution >= 0.6 is 0 Å². The summed E-state index contributed by atoms with van der Waals surface area (Å²) in [4.78, 5) is 21.0. The fourth-order valence-electron chi connectivity index (χ4n) is 2.98. The van der Waals surface area contributed by atoms with Crippen LogP contribution in [0.15, 0.2) is 42.0 Å². The van der Waals surface area contributed by atoms with Gasteiger partial charge in [0.05, 0.1) is 5.56 Å². The number of hydrogen-bond acceptors (Lipinski definition) is 3. The van der Waals surface area contributed by atoms with Crippen LogP contribution in [0.25, 0.3) is 5.57 Å². The van der Waals surface area contributed by atoms with Crippen LogP contribution < -0.4 is 5.32 Å². The number of hydrogen-bond donors (Lipinski definition) is 2. The van der Waals surface area contributed by atoms with Gasteiger partial charge in [-0.2, -0.15) is 0 Å². The number of carbonyl (C=O) groups excluding carboxylic acids is 1. The van der Waals surface area contributed by atoms with Crippen LogP contribution in [0.1, 0.15) is 41.3 Å². The topological polar surface area (TPSA) is 66.4 Å². The van der Waals surface area contributed by atoms with E-state index in [9.17, 15) is 18.4 Å². The Morgan fingerprint density at radius 1 is 1.15 bits per heavy atom. The molecule has 0 saturated heterocycles. The van der Waals surface area contributed by atoms with Crippen molar-refractivity contribution in [3.63, 3.8) is 0 Å². The standard InChI is InChI=1S/C14H17NO2.C7H4F2O/c1-9(14(16)17)12-5-3-4-10-8-11(15-2)6-7-13(10)12;8-6-2-1-3-7(9)5(6)4-10/h6-8,15H,3-5H2,1-2H3,(H,16,17);1-4H/b12-9+;. The number of aliphatic carboxylic acids is 1. The van der Waals surface area contributed by atoms with Crippen LogP contribution in [0.5, 0.6) is 0 Å². The molecule has 6 heteroatoms. The Labute approximate surface area is 156 Å². The minimum Gasteiger partial charge on any atom is -0.478 e. The highest BCUT2D eigenvalue weighted by atomic mass is 19.1. The summed E-state index contributed by atoms with van der Waals surface area (Å²) in [5.41, 5.74) is 4.39. The van der Waals surface area contributed by atoms with E-state index in [1.807, 2.05) is 19.2 Å². The van der Waals surface area contributed by atoms with E-state index in [1.54, 1.807) is 6.92 Å². The molecular formula is C21H21F2NO3. The summed E-state index contributed by atoms with van der Waals surface area (Å²) in [6, 6.07) is 9.42. The third kappa shape index (κ3) is 4.78. The van der Waals surface area contributed by atoms with Crippen molar-refractivity contribution in [2.24, 2.45) is 0 Å². The molecule has 0 atom stereocenters. The summed E-state index contributed by atoms with van der Waals surface area (Å²) in [7, 11) is 1.89. The monoisotopic (exact) mass is 373 g/mol. The summed E-state index contributed by atoms with van der Waals surface area (Å²) in [5.74, 6) is -2.46. The molecule has 0 saturated carbocycles. The van der Waals surface area contributed by atoms with Crippen LogP contribution in [0.4, 0.5) is 14.5 Å². The second-order valence-corrected chi connectivity index (χ2v) is 6.14. The van der Waals surface area contributed by atoms with E-state index in [4.69, 9.17) is 5.11 Å². The van der Waals surface area contributed by atoms with Gasteiger partial charge in [0.2, 0.25) is 0 Å². The number of rotatable bonds is 3. The largest absolute Gasteiger partial charge is 0.478 e. The number of aryl methyl sites for hydroxylation is 1. The number of benzene rings is 2. The molecule has 2 aromatic rings. The molecule has 0 heterocycles. The maximum atomic E-state index is 12.4. The van der Waals surface area contributed by atoms with Crippen molar-refractivity contribution in [3.8, 4) is 0 Å². The zero-order valence-corrected chi connectivity index (χ0v) is 15.2. The second-order valence-electron chi connectivity index (χ2n) is 6.14. The van der Waals surface area contributed by atoms with E-state index in [2.05, 4.69) is 11.4 Å². The van der Waals surface area contributed by atoms with Crippen molar-refractivity contribution < 1.29 is 23.5 Å². The van der Waals surface area contributed by atoms with Gasteiger partial charge >= 0.3 is 5.97 Å². The smallest absolute Gasteiger partial charge is 0.331 e. The zero-order chi connectivity index (χ0) is 20.0. The number of carboxylic acids is 1. The summed E-state index contributed by atoms with van der Waals surface area (Å²) in [5, 5.41) is 12.2. The lowest BCUT2D eigenvalue weighted by Gasteiger charge is -2.21. The Kier molecular flexibility index (Phi) is 6.82. The van der Waals surface area contributed by atoms with E-state index >= 15 is 0 Å². The summed E-state index contributed by atoms with van der Waals surface area (Å²) >= 11 is 0. The Hall–Kier alpha value is -3.02. The molecule has 0 aromatic heterocycles. The second kappa shape index (κ2) is 9.07. The van der Waals surface area contributed by atoms with Crippen molar-refractivity contribution in [2.45, 2.75) is 26.2 Å². The van der Waals surface area contributed by atoms with Gasteiger partial charge in [-0.3, -0.25) is 4.79 Å². The normalized spacial score (nSPS) is 14.4. The molecule has 0 amide bonds. The first-order valence-electron chi connectivity index (χ1n) is 8.52. The van der Waals surface area contributed by atoms with E-state index in [1.165, 1.54) is 11.6 Å². The number of carboxylic acid groups (broad SMARTS) is 1. The summed E-state index contributed by atoms with van der Waals surface area (Å²) < 4.78 is 24.8. The molecule has 27 heavy (non-hydrogen) atoms. The molecule has 0 spiro atoms. The minimum absolute atomic E-state index is 0.157. The number of fused-ring (bicyclic) bond motifs is 1. The van der Waals surface area contributed by atoms with Crippen molar-refractivity contribution in [2.75, 3.05) is 12.4 Å². The van der Waals surface area contributed by atoms with Gasteiger partial charge in [0, 0.05) is 18.3 Å². The van der Waals surface area contributed by atoms with Gasteiger partial charge in [0.25, 0.3) is 0 Å². The third-order valence-electron chi connectivity index (χ3n) is 4.48. The first-order valence-corrected chi connectivity index (χ1v) is 8.52. The van der Waals surface area contributed by atoms with E-state index in [0.717, 1.165) is 48.2 Å². The van der Waals surface area contributed by atoms with Crippen LogP contribution in [0.2, 0.25) is 0 Å². The summed E-state index contributed by atoms with van der Waals surface area (Å²) in [6.07, 6.45) is 3.08. The van der Waals surface area contributed by atoms with E-state index in [-0.39, 0.29) is 6.29 Å². The fourth-order valence-corrected chi connectivity index (χ4v) is 2.98. The van der Waals surface area contributed by atoms with Crippen LogP contribution in [-0.4, -0.2) is 24.4 Å². The van der Waals surface area contributed by atoms with Gasteiger partial charge < -0.3 is 10.4 Å². The molecular weight excluding hydrogens is 352 g/mol. The van der Waals surface area contributed by atoms with Crippen LogP contribution in [-0.2, 0) is 11.2 Å². The first kappa shape index (κ1) is 20.3. The highest BCUT2D eigenvalue weighted by molar-refractivity contribution is 5.96. The zero-order valence-electron chi connectivity index (χ0n) is 15.2. The van der Waals surface area contributed by atoms with E-state index in [0.29, 0.717) is 5.57 Å². The van der Waals surface area contributed by atoms with Gasteiger partial charge in [-0.05, 0) is 67.2 Å². The molecule has 0 aliphatic heterocycles. The van der Waals surface area contributed by atoms with Crippen molar-refractivity contribution in [1.29, 1.82) is 0 Å². The van der Waals surface area contributed by atoms with Gasteiger partial charge in [-0.15, -0.1) is 0 Å². The minimum atomic E-state index is -0.824. The van der Waals surface area contributed by atoms with Gasteiger partial charge in [-0.1, -0.05) is 12.1 Å². The van der Waals surface area contributed by atoms with Crippen molar-refractivity contribution in [1.82, 2.24) is 0 Å². The Morgan fingerprint density at radius 2 is 1.81 bits per heavy atom. The fraction of sp³-hybridized carbons (Fsp3) is 0.238. The number of anilines is 1. The van der Waals surface area contributed by atoms with E-state index < -0.39 is 23.2 Å². The maximum absolute atomic E-state index is 12.4. The van der Waals surface area contributed by atoms with Gasteiger partial charge in [0.15, 0.2) is 6.29 Å². The number of aldehydes is 1. The molecule has 0 bridgehead atoms.